The molecule has 2 aromatic carbocycles. The molecule has 1 aliphatic heterocycles. The van der Waals surface area contributed by atoms with Gasteiger partial charge in [0.05, 0.1) is 24.6 Å². The van der Waals surface area contributed by atoms with Crippen LogP contribution in [-0.2, 0) is 11.3 Å². The predicted octanol–water partition coefficient (Wildman–Crippen LogP) is 4.06. The highest BCUT2D eigenvalue weighted by molar-refractivity contribution is 14.0. The maximum atomic E-state index is 10.8. The number of nitro benzene ring substituents is 1. The number of hydrogen-bond donors (Lipinski definition) is 1. The van der Waals surface area contributed by atoms with E-state index in [4.69, 9.17) is 9.73 Å². The van der Waals surface area contributed by atoms with E-state index in [2.05, 4.69) is 29.3 Å². The highest BCUT2D eigenvalue weighted by Crippen LogP contribution is 2.25. The van der Waals surface area contributed by atoms with E-state index in [-0.39, 0.29) is 35.8 Å². The summed E-state index contributed by atoms with van der Waals surface area (Å²) in [6, 6.07) is 14.8. The highest BCUT2D eigenvalue weighted by Gasteiger charge is 2.25. The van der Waals surface area contributed by atoms with Gasteiger partial charge in [-0.2, -0.15) is 0 Å². The number of nitrogens with zero attached hydrogens (tertiary/aromatic N) is 3. The second-order valence-electron chi connectivity index (χ2n) is 6.76. The third kappa shape index (κ3) is 6.14. The van der Waals surface area contributed by atoms with Crippen molar-refractivity contribution >= 4 is 35.6 Å². The van der Waals surface area contributed by atoms with Crippen LogP contribution in [0.1, 0.15) is 29.7 Å². The molecule has 1 heterocycles. The molecule has 0 amide bonds. The zero-order valence-electron chi connectivity index (χ0n) is 16.7. The Labute approximate surface area is 188 Å². The van der Waals surface area contributed by atoms with Gasteiger partial charge in [-0.05, 0) is 30.5 Å². The summed E-state index contributed by atoms with van der Waals surface area (Å²) in [7, 11) is 0. The number of morpholine rings is 1. The Morgan fingerprint density at radius 1 is 1.28 bits per heavy atom. The first-order chi connectivity index (χ1) is 13.6. The molecule has 0 spiro atoms. The van der Waals surface area contributed by atoms with E-state index >= 15 is 0 Å². The number of guanidine groups is 1. The largest absolute Gasteiger partial charge is 0.370 e. The topological polar surface area (TPSA) is 80.0 Å². The van der Waals surface area contributed by atoms with Crippen LogP contribution in [0, 0.1) is 17.0 Å². The van der Waals surface area contributed by atoms with Crippen molar-refractivity contribution in [1.29, 1.82) is 0 Å². The van der Waals surface area contributed by atoms with E-state index in [1.807, 2.05) is 19.1 Å². The lowest BCUT2D eigenvalue weighted by molar-refractivity contribution is -0.384. The van der Waals surface area contributed by atoms with E-state index < -0.39 is 4.92 Å². The molecule has 1 aliphatic rings. The zero-order valence-corrected chi connectivity index (χ0v) is 19.0. The molecule has 0 radical (unpaired) electrons. The van der Waals surface area contributed by atoms with Crippen molar-refractivity contribution in [3.8, 4) is 0 Å². The lowest BCUT2D eigenvalue weighted by Crippen LogP contribution is -2.48. The van der Waals surface area contributed by atoms with Crippen LogP contribution in [-0.4, -0.2) is 42.0 Å². The molecule has 29 heavy (non-hydrogen) atoms. The van der Waals surface area contributed by atoms with Crippen LogP contribution in [0.25, 0.3) is 0 Å². The van der Waals surface area contributed by atoms with Gasteiger partial charge in [-0.25, -0.2) is 4.99 Å². The number of hydrogen-bond acceptors (Lipinski definition) is 4. The molecule has 0 bridgehead atoms. The summed E-state index contributed by atoms with van der Waals surface area (Å²) < 4.78 is 6.01. The van der Waals surface area contributed by atoms with E-state index in [0.717, 1.165) is 31.2 Å². The molecule has 0 aromatic heterocycles. The molecule has 156 valence electrons. The summed E-state index contributed by atoms with van der Waals surface area (Å²) in [6.45, 7) is 7.52. The molecular formula is C21H27IN4O3. The van der Waals surface area contributed by atoms with Crippen molar-refractivity contribution in [2.75, 3.05) is 26.2 Å². The quantitative estimate of drug-likeness (QED) is 0.216. The van der Waals surface area contributed by atoms with Gasteiger partial charge in [0, 0.05) is 25.2 Å². The summed E-state index contributed by atoms with van der Waals surface area (Å²) in [5.74, 6) is 0.836. The minimum Gasteiger partial charge on any atom is -0.370 e. The number of non-ortho nitro benzene ring substituents is 1. The number of rotatable bonds is 5. The molecule has 1 atom stereocenters. The lowest BCUT2D eigenvalue weighted by Gasteiger charge is -2.35. The number of ether oxygens (including phenoxy) is 1. The highest BCUT2D eigenvalue weighted by atomic mass is 127. The van der Waals surface area contributed by atoms with E-state index in [1.54, 1.807) is 12.1 Å². The van der Waals surface area contributed by atoms with Gasteiger partial charge < -0.3 is 15.0 Å². The summed E-state index contributed by atoms with van der Waals surface area (Å²) in [5, 5.41) is 14.1. The van der Waals surface area contributed by atoms with Gasteiger partial charge in [0.2, 0.25) is 0 Å². The second kappa shape index (κ2) is 11.1. The maximum absolute atomic E-state index is 10.8. The Balaban J connectivity index is 0.00000300. The van der Waals surface area contributed by atoms with Crippen LogP contribution in [0.5, 0.6) is 0 Å². The standard InChI is InChI=1S/C21H26N4O3.HI/c1-3-22-21(23-14-17-8-10-18(11-9-17)25(26)27)24-12-13-28-20(15-24)19-7-5-4-6-16(19)2;/h4-11,20H,3,12-15H2,1-2H3,(H,22,23);1H. The molecule has 1 saturated heterocycles. The van der Waals surface area contributed by atoms with Gasteiger partial charge in [0.1, 0.15) is 6.10 Å². The smallest absolute Gasteiger partial charge is 0.269 e. The fourth-order valence-electron chi connectivity index (χ4n) is 3.29. The third-order valence-corrected chi connectivity index (χ3v) is 4.79. The van der Waals surface area contributed by atoms with Gasteiger partial charge in [0.15, 0.2) is 5.96 Å². The van der Waals surface area contributed by atoms with E-state index in [9.17, 15) is 10.1 Å². The van der Waals surface area contributed by atoms with Gasteiger partial charge in [-0.15, -0.1) is 24.0 Å². The SMILES string of the molecule is CCNC(=NCc1ccc([N+](=O)[O-])cc1)N1CCOC(c2ccccc2C)C1.I. The van der Waals surface area contributed by atoms with Gasteiger partial charge in [-0.1, -0.05) is 36.4 Å². The minimum atomic E-state index is -0.392. The van der Waals surface area contributed by atoms with Crippen molar-refractivity contribution in [2.45, 2.75) is 26.5 Å². The lowest BCUT2D eigenvalue weighted by atomic mass is 10.0. The molecule has 0 saturated carbocycles. The van der Waals surface area contributed by atoms with Crippen LogP contribution >= 0.6 is 24.0 Å². The average molecular weight is 510 g/mol. The third-order valence-electron chi connectivity index (χ3n) is 4.79. The van der Waals surface area contributed by atoms with Gasteiger partial charge in [-0.3, -0.25) is 10.1 Å². The number of benzene rings is 2. The summed E-state index contributed by atoms with van der Waals surface area (Å²) >= 11 is 0. The van der Waals surface area contributed by atoms with Crippen LogP contribution < -0.4 is 5.32 Å². The molecule has 1 unspecified atom stereocenters. The first kappa shape index (κ1) is 23.1. The van der Waals surface area contributed by atoms with Crippen molar-refractivity contribution < 1.29 is 9.66 Å². The van der Waals surface area contributed by atoms with Crippen molar-refractivity contribution in [3.63, 3.8) is 0 Å². The summed E-state index contributed by atoms with van der Waals surface area (Å²) in [6.07, 6.45) is 0.0122. The monoisotopic (exact) mass is 510 g/mol. The Kier molecular flexibility index (Phi) is 8.84. The van der Waals surface area contributed by atoms with Gasteiger partial charge in [0.25, 0.3) is 5.69 Å². The molecule has 7 nitrogen and oxygen atoms in total. The number of nitro groups is 1. The van der Waals surface area contributed by atoms with Crippen LogP contribution in [0.2, 0.25) is 0 Å². The first-order valence-corrected chi connectivity index (χ1v) is 9.52. The normalized spacial score (nSPS) is 16.8. The Bertz CT molecular complexity index is 842. The van der Waals surface area contributed by atoms with Crippen LogP contribution in [0.15, 0.2) is 53.5 Å². The molecule has 8 heteroatoms. The molecule has 2 aromatic rings. The first-order valence-electron chi connectivity index (χ1n) is 9.52. The summed E-state index contributed by atoms with van der Waals surface area (Å²) in [4.78, 5) is 17.4. The Hall–Kier alpha value is -2.20. The second-order valence-corrected chi connectivity index (χ2v) is 6.76. The summed E-state index contributed by atoms with van der Waals surface area (Å²) in [5.41, 5.74) is 3.46. The molecule has 1 fully saturated rings. The molecule has 3 rings (SSSR count). The Morgan fingerprint density at radius 3 is 2.66 bits per heavy atom. The zero-order chi connectivity index (χ0) is 19.9. The van der Waals surface area contributed by atoms with Crippen LogP contribution in [0.4, 0.5) is 5.69 Å². The predicted molar refractivity (Wildman–Crippen MR) is 125 cm³/mol. The minimum absolute atomic E-state index is 0. The average Bonchev–Trinajstić information content (AvgIpc) is 2.72. The van der Waals surface area contributed by atoms with E-state index in [0.29, 0.717) is 13.2 Å². The van der Waals surface area contributed by atoms with E-state index in [1.165, 1.54) is 23.3 Å². The van der Waals surface area contributed by atoms with Crippen LogP contribution in [0.3, 0.4) is 0 Å². The molecule has 0 aliphatic carbocycles. The number of aliphatic imine (C=N–C) groups is 1. The number of nitrogens with one attached hydrogen (secondary N) is 1. The number of halogens is 1. The van der Waals surface area contributed by atoms with Crippen molar-refractivity contribution in [1.82, 2.24) is 10.2 Å². The van der Waals surface area contributed by atoms with Gasteiger partial charge >= 0.3 is 0 Å². The van der Waals surface area contributed by atoms with Crippen molar-refractivity contribution in [3.05, 3.63) is 75.3 Å². The molecular weight excluding hydrogens is 483 g/mol. The fraction of sp³-hybridized carbons (Fsp3) is 0.381. The molecule has 1 N–H and O–H groups in total. The fourth-order valence-corrected chi connectivity index (χ4v) is 3.29. The Morgan fingerprint density at radius 2 is 2.00 bits per heavy atom. The maximum Gasteiger partial charge on any atom is 0.269 e. The van der Waals surface area contributed by atoms with Crippen molar-refractivity contribution in [2.24, 2.45) is 4.99 Å². The number of aryl methyl sites for hydroxylation is 1.